The van der Waals surface area contributed by atoms with Crippen molar-refractivity contribution in [1.82, 2.24) is 14.9 Å². The summed E-state index contributed by atoms with van der Waals surface area (Å²) in [6.45, 7) is 7.71. The van der Waals surface area contributed by atoms with Gasteiger partial charge in [-0.1, -0.05) is 42.5 Å². The number of aldehydes is 1. The van der Waals surface area contributed by atoms with Crippen LogP contribution in [0, 0.1) is 0 Å². The topological polar surface area (TPSA) is 79.9 Å². The summed E-state index contributed by atoms with van der Waals surface area (Å²) in [5.41, 5.74) is -0.598. The first kappa shape index (κ1) is 34.7. The van der Waals surface area contributed by atoms with Gasteiger partial charge >= 0.3 is 6.09 Å². The van der Waals surface area contributed by atoms with E-state index in [2.05, 4.69) is 22.0 Å². The predicted molar refractivity (Wildman–Crippen MR) is 176 cm³/mol. The van der Waals surface area contributed by atoms with Gasteiger partial charge in [-0.05, 0) is 126 Å². The third kappa shape index (κ3) is 10.7. The van der Waals surface area contributed by atoms with Crippen LogP contribution in [-0.2, 0) is 15.5 Å². The summed E-state index contributed by atoms with van der Waals surface area (Å²) in [5, 5.41) is 4.92. The summed E-state index contributed by atoms with van der Waals surface area (Å²) in [7, 11) is 2.10. The van der Waals surface area contributed by atoms with Crippen LogP contribution in [0.1, 0.15) is 64.9 Å². The standard InChI is InChI=1S/C24H23F2NO2S.C11H22N2O2/c25-24(26,19-6-2-1-3-7-19)23(16-28)27-30-22-13-11-17-14-21(12-10-18(17)15-22)29-20-8-4-5-9-20;1-11(2,3)15-10(14)12-9-5-7-13(4)8-6-9/h1-3,6-7,10-16,20,23,27H,4-5,8-9H2;9H,5-8H2,1-4H3,(H,12,14). The molecule has 2 fully saturated rings. The molecular formula is C35H45F2N3O4S. The Bertz CT molecular complexity index is 1390. The van der Waals surface area contributed by atoms with Crippen LogP contribution < -0.4 is 14.8 Å². The zero-order valence-electron chi connectivity index (χ0n) is 26.6. The van der Waals surface area contributed by atoms with E-state index >= 15 is 0 Å². The predicted octanol–water partition coefficient (Wildman–Crippen LogP) is 7.72. The zero-order valence-corrected chi connectivity index (χ0v) is 27.4. The number of alkyl carbamates (subject to hydrolysis) is 1. The fourth-order valence-electron chi connectivity index (χ4n) is 5.32. The quantitative estimate of drug-likeness (QED) is 0.183. The Labute approximate surface area is 269 Å². The second-order valence-electron chi connectivity index (χ2n) is 12.7. The molecule has 0 radical (unpaired) electrons. The van der Waals surface area contributed by atoms with Crippen molar-refractivity contribution in [2.24, 2.45) is 0 Å². The third-order valence-corrected chi connectivity index (χ3v) is 8.68. The third-order valence-electron chi connectivity index (χ3n) is 7.82. The number of rotatable bonds is 9. The summed E-state index contributed by atoms with van der Waals surface area (Å²) >= 11 is 1.03. The Morgan fingerprint density at radius 3 is 2.24 bits per heavy atom. The van der Waals surface area contributed by atoms with E-state index in [1.807, 2.05) is 57.2 Å². The number of hydrogen-bond donors (Lipinski definition) is 2. The fourth-order valence-corrected chi connectivity index (χ4v) is 6.11. The van der Waals surface area contributed by atoms with E-state index in [4.69, 9.17) is 9.47 Å². The van der Waals surface area contributed by atoms with Crippen molar-refractivity contribution in [2.75, 3.05) is 20.1 Å². The van der Waals surface area contributed by atoms with Crippen molar-refractivity contribution < 1.29 is 27.8 Å². The molecule has 244 valence electrons. The average Bonchev–Trinajstić information content (AvgIpc) is 3.51. The molecule has 0 aromatic heterocycles. The van der Waals surface area contributed by atoms with Crippen molar-refractivity contribution in [3.05, 3.63) is 72.3 Å². The van der Waals surface area contributed by atoms with Gasteiger partial charge in [-0.2, -0.15) is 8.78 Å². The Morgan fingerprint density at radius 2 is 1.60 bits per heavy atom. The van der Waals surface area contributed by atoms with E-state index in [1.54, 1.807) is 6.07 Å². The fraction of sp³-hybridized carbons (Fsp3) is 0.486. The second kappa shape index (κ2) is 15.9. The monoisotopic (exact) mass is 641 g/mol. The molecule has 5 rings (SSSR count). The van der Waals surface area contributed by atoms with Crippen LogP contribution in [0.2, 0.25) is 0 Å². The highest BCUT2D eigenvalue weighted by Crippen LogP contribution is 2.33. The highest BCUT2D eigenvalue weighted by atomic mass is 32.2. The van der Waals surface area contributed by atoms with Gasteiger partial charge in [0, 0.05) is 16.5 Å². The van der Waals surface area contributed by atoms with Gasteiger partial charge in [0.1, 0.15) is 23.7 Å². The van der Waals surface area contributed by atoms with Crippen LogP contribution in [0.5, 0.6) is 5.75 Å². The highest BCUT2D eigenvalue weighted by Gasteiger charge is 2.41. The smallest absolute Gasteiger partial charge is 0.407 e. The summed E-state index contributed by atoms with van der Waals surface area (Å²) < 4.78 is 43.2. The minimum Gasteiger partial charge on any atom is -0.490 e. The maximum absolute atomic E-state index is 14.7. The first-order valence-electron chi connectivity index (χ1n) is 15.6. The lowest BCUT2D eigenvalue weighted by molar-refractivity contribution is -0.119. The first-order chi connectivity index (χ1) is 21.4. The van der Waals surface area contributed by atoms with Crippen molar-refractivity contribution in [1.29, 1.82) is 0 Å². The van der Waals surface area contributed by atoms with Crippen LogP contribution >= 0.6 is 11.9 Å². The van der Waals surface area contributed by atoms with Gasteiger partial charge in [-0.25, -0.2) is 9.52 Å². The number of piperidine rings is 1. The number of amides is 1. The number of carbonyl (C=O) groups excluding carboxylic acids is 2. The molecule has 2 aliphatic rings. The van der Waals surface area contributed by atoms with Gasteiger partial charge in [0.15, 0.2) is 0 Å². The number of nitrogens with zero attached hydrogens (tertiary/aromatic N) is 1. The molecule has 45 heavy (non-hydrogen) atoms. The molecule has 1 saturated carbocycles. The average molecular weight is 642 g/mol. The van der Waals surface area contributed by atoms with Crippen molar-refractivity contribution in [3.63, 3.8) is 0 Å². The van der Waals surface area contributed by atoms with Gasteiger partial charge in [0.25, 0.3) is 5.92 Å². The maximum atomic E-state index is 14.7. The summed E-state index contributed by atoms with van der Waals surface area (Å²) in [5.74, 6) is -2.45. The van der Waals surface area contributed by atoms with E-state index in [9.17, 15) is 18.4 Å². The van der Waals surface area contributed by atoms with E-state index in [0.717, 1.165) is 72.1 Å². The Balaban J connectivity index is 0.000000259. The molecule has 1 amide bonds. The van der Waals surface area contributed by atoms with Gasteiger partial charge in [0.05, 0.1) is 6.10 Å². The second-order valence-corrected chi connectivity index (χ2v) is 13.7. The van der Waals surface area contributed by atoms with Crippen LogP contribution in [0.3, 0.4) is 0 Å². The molecule has 1 atom stereocenters. The lowest BCUT2D eigenvalue weighted by Crippen LogP contribution is -2.45. The molecule has 7 nitrogen and oxygen atoms in total. The molecule has 1 unspecified atom stereocenters. The van der Waals surface area contributed by atoms with Crippen molar-refractivity contribution in [3.8, 4) is 5.75 Å². The highest BCUT2D eigenvalue weighted by molar-refractivity contribution is 7.97. The van der Waals surface area contributed by atoms with Crippen LogP contribution in [-0.4, -0.2) is 61.2 Å². The molecule has 2 N–H and O–H groups in total. The maximum Gasteiger partial charge on any atom is 0.407 e. The minimum atomic E-state index is -3.31. The van der Waals surface area contributed by atoms with Gasteiger partial charge < -0.3 is 24.5 Å². The van der Waals surface area contributed by atoms with Gasteiger partial charge in [-0.3, -0.25) is 0 Å². The molecule has 1 heterocycles. The molecule has 10 heteroatoms. The lowest BCUT2D eigenvalue weighted by Gasteiger charge is -2.30. The molecule has 1 aliphatic heterocycles. The van der Waals surface area contributed by atoms with Crippen molar-refractivity contribution >= 4 is 35.1 Å². The lowest BCUT2D eigenvalue weighted by atomic mass is 10.0. The molecule has 0 spiro atoms. The summed E-state index contributed by atoms with van der Waals surface area (Å²) in [6, 6.07) is 17.6. The molecule has 1 aliphatic carbocycles. The molecule has 0 bridgehead atoms. The zero-order chi connectivity index (χ0) is 32.5. The van der Waals surface area contributed by atoms with Crippen molar-refractivity contribution in [2.45, 2.75) is 93.9 Å². The number of likely N-dealkylation sites (tertiary alicyclic amines) is 1. The number of hydrogen-bond acceptors (Lipinski definition) is 7. The Hall–Kier alpha value is -3.21. The number of benzene rings is 3. The number of ether oxygens (including phenoxy) is 2. The number of fused-ring (bicyclic) bond motifs is 1. The normalized spacial score (nSPS) is 17.3. The largest absolute Gasteiger partial charge is 0.490 e. The molecule has 3 aromatic rings. The Kier molecular flexibility index (Phi) is 12.2. The van der Waals surface area contributed by atoms with E-state index in [-0.39, 0.29) is 24.0 Å². The van der Waals surface area contributed by atoms with Gasteiger partial charge in [-0.15, -0.1) is 0 Å². The van der Waals surface area contributed by atoms with Crippen LogP contribution in [0.4, 0.5) is 13.6 Å². The summed E-state index contributed by atoms with van der Waals surface area (Å²) in [6.07, 6.45) is 6.92. The van der Waals surface area contributed by atoms with E-state index in [1.165, 1.54) is 37.1 Å². The molecule has 3 aromatic carbocycles. The number of nitrogens with one attached hydrogen (secondary N) is 2. The van der Waals surface area contributed by atoms with E-state index < -0.39 is 17.6 Å². The Morgan fingerprint density at radius 1 is 0.956 bits per heavy atom. The number of halogens is 2. The van der Waals surface area contributed by atoms with Crippen LogP contribution in [0.15, 0.2) is 71.6 Å². The number of alkyl halides is 2. The summed E-state index contributed by atoms with van der Waals surface area (Å²) in [4.78, 5) is 25.9. The van der Waals surface area contributed by atoms with E-state index in [0.29, 0.717) is 6.10 Å². The van der Waals surface area contributed by atoms with Gasteiger partial charge in [0.2, 0.25) is 0 Å². The number of carbonyl (C=O) groups is 2. The van der Waals surface area contributed by atoms with Crippen LogP contribution in [0.25, 0.3) is 10.8 Å². The SMILES string of the molecule is CN1CCC(NC(=O)OC(C)(C)C)CC1.O=CC(NSc1ccc2cc(OC3CCCC3)ccc2c1)C(F)(F)c1ccccc1. The molecule has 1 saturated heterocycles. The minimum absolute atomic E-state index is 0.191. The first-order valence-corrected chi connectivity index (χ1v) is 16.4. The molecular weight excluding hydrogens is 596 g/mol.